The second kappa shape index (κ2) is 4.94. The Bertz CT molecular complexity index is 147. The molecule has 3 heteroatoms. The third-order valence-electron chi connectivity index (χ3n) is 2.79. The quantitative estimate of drug-likeness (QED) is 0.686. The maximum absolute atomic E-state index is 5.75. The Morgan fingerprint density at radius 3 is 2.77 bits per heavy atom. The number of nitrogens with two attached hydrogens (primary N) is 1. The maximum atomic E-state index is 5.75. The molecule has 0 aromatic rings. The number of likely N-dealkylation sites (tertiary alicyclic amines) is 1. The van der Waals surface area contributed by atoms with Crippen LogP contribution in [0.3, 0.4) is 0 Å². The molecule has 0 saturated carbocycles. The Morgan fingerprint density at radius 2 is 2.31 bits per heavy atom. The lowest BCUT2D eigenvalue weighted by molar-refractivity contribution is 0.215. The zero-order valence-electron chi connectivity index (χ0n) is 9.16. The molecule has 1 rings (SSSR count). The molecule has 0 aliphatic carbocycles. The molecular formula is C10H23N3. The Balaban J connectivity index is 2.22. The first-order valence-corrected chi connectivity index (χ1v) is 5.24. The fourth-order valence-corrected chi connectivity index (χ4v) is 2.14. The first-order valence-electron chi connectivity index (χ1n) is 5.24. The summed E-state index contributed by atoms with van der Waals surface area (Å²) in [5, 5.41) is 0. The van der Waals surface area contributed by atoms with Crippen molar-refractivity contribution in [2.24, 2.45) is 5.73 Å². The Morgan fingerprint density at radius 1 is 1.62 bits per heavy atom. The maximum Gasteiger partial charge on any atom is 0.0220 e. The van der Waals surface area contributed by atoms with E-state index in [9.17, 15) is 0 Å². The molecular weight excluding hydrogens is 162 g/mol. The van der Waals surface area contributed by atoms with Gasteiger partial charge < -0.3 is 15.5 Å². The van der Waals surface area contributed by atoms with E-state index in [0.717, 1.165) is 19.1 Å². The van der Waals surface area contributed by atoms with Gasteiger partial charge >= 0.3 is 0 Å². The Hall–Kier alpha value is -0.120. The molecule has 0 aromatic heterocycles. The van der Waals surface area contributed by atoms with Crippen LogP contribution in [0.2, 0.25) is 0 Å². The van der Waals surface area contributed by atoms with Crippen molar-refractivity contribution in [1.82, 2.24) is 9.80 Å². The highest BCUT2D eigenvalue weighted by molar-refractivity contribution is 4.79. The number of nitrogens with zero attached hydrogens (tertiary/aromatic N) is 2. The van der Waals surface area contributed by atoms with E-state index in [1.165, 1.54) is 19.4 Å². The zero-order chi connectivity index (χ0) is 9.84. The van der Waals surface area contributed by atoms with Crippen molar-refractivity contribution in [1.29, 1.82) is 0 Å². The predicted octanol–water partition coefficient (Wildman–Crippen LogP) is 0.360. The van der Waals surface area contributed by atoms with Gasteiger partial charge in [0, 0.05) is 25.2 Å². The summed E-state index contributed by atoms with van der Waals surface area (Å²) < 4.78 is 0. The lowest BCUT2D eigenvalue weighted by Crippen LogP contribution is -2.41. The highest BCUT2D eigenvalue weighted by atomic mass is 15.2. The molecule has 1 fully saturated rings. The van der Waals surface area contributed by atoms with Crippen molar-refractivity contribution in [3.05, 3.63) is 0 Å². The Kier molecular flexibility index (Phi) is 4.16. The van der Waals surface area contributed by atoms with Gasteiger partial charge in [-0.1, -0.05) is 0 Å². The molecule has 1 aliphatic rings. The van der Waals surface area contributed by atoms with E-state index < -0.39 is 0 Å². The van der Waals surface area contributed by atoms with E-state index in [2.05, 4.69) is 30.8 Å². The van der Waals surface area contributed by atoms with Crippen molar-refractivity contribution in [3.63, 3.8) is 0 Å². The van der Waals surface area contributed by atoms with Crippen LogP contribution < -0.4 is 5.73 Å². The first-order chi connectivity index (χ1) is 6.09. The summed E-state index contributed by atoms with van der Waals surface area (Å²) in [6.45, 7) is 5.49. The highest BCUT2D eigenvalue weighted by Crippen LogP contribution is 2.15. The molecule has 3 nitrogen and oxygen atoms in total. The molecule has 2 N–H and O–H groups in total. The number of hydrogen-bond donors (Lipinski definition) is 1. The number of hydrogen-bond acceptors (Lipinski definition) is 3. The van der Waals surface area contributed by atoms with Crippen LogP contribution in [-0.2, 0) is 0 Å². The molecule has 0 aromatic carbocycles. The fourth-order valence-electron chi connectivity index (χ4n) is 2.14. The SMILES string of the molecule is C[C@@H](N)CN(C)CC1CCCN1C. The predicted molar refractivity (Wildman–Crippen MR) is 56.8 cm³/mol. The summed E-state index contributed by atoms with van der Waals surface area (Å²) >= 11 is 0. The average molecular weight is 185 g/mol. The van der Waals surface area contributed by atoms with E-state index in [1.807, 2.05) is 0 Å². The molecule has 13 heavy (non-hydrogen) atoms. The van der Waals surface area contributed by atoms with Gasteiger partial charge in [-0.2, -0.15) is 0 Å². The third-order valence-corrected chi connectivity index (χ3v) is 2.79. The standard InChI is InChI=1S/C10H23N3/c1-9(11)7-12(2)8-10-5-4-6-13(10)3/h9-10H,4-8,11H2,1-3H3/t9-,10?/m1/s1. The van der Waals surface area contributed by atoms with E-state index in [4.69, 9.17) is 5.73 Å². The molecule has 1 unspecified atom stereocenters. The molecule has 0 radical (unpaired) electrons. The summed E-state index contributed by atoms with van der Waals surface area (Å²) in [4.78, 5) is 4.80. The molecule has 0 bridgehead atoms. The largest absolute Gasteiger partial charge is 0.327 e. The minimum absolute atomic E-state index is 0.289. The van der Waals surface area contributed by atoms with Crippen LogP contribution in [0, 0.1) is 0 Å². The lowest BCUT2D eigenvalue weighted by atomic mass is 10.2. The molecule has 2 atom stereocenters. The van der Waals surface area contributed by atoms with Crippen LogP contribution in [0.4, 0.5) is 0 Å². The second-order valence-corrected chi connectivity index (χ2v) is 4.48. The Labute approximate surface area is 81.9 Å². The minimum Gasteiger partial charge on any atom is -0.327 e. The molecule has 0 spiro atoms. The van der Waals surface area contributed by atoms with Crippen molar-refractivity contribution < 1.29 is 0 Å². The topological polar surface area (TPSA) is 32.5 Å². The van der Waals surface area contributed by atoms with E-state index in [-0.39, 0.29) is 6.04 Å². The molecule has 1 heterocycles. The van der Waals surface area contributed by atoms with Crippen molar-refractivity contribution in [2.75, 3.05) is 33.7 Å². The normalized spacial score (nSPS) is 27.0. The van der Waals surface area contributed by atoms with Crippen LogP contribution in [0.15, 0.2) is 0 Å². The van der Waals surface area contributed by atoms with Gasteiger partial charge in [-0.05, 0) is 40.4 Å². The minimum atomic E-state index is 0.289. The van der Waals surface area contributed by atoms with Crippen molar-refractivity contribution in [3.8, 4) is 0 Å². The van der Waals surface area contributed by atoms with Gasteiger partial charge in [0.15, 0.2) is 0 Å². The summed E-state index contributed by atoms with van der Waals surface area (Å²) in [5.41, 5.74) is 5.75. The van der Waals surface area contributed by atoms with Crippen molar-refractivity contribution in [2.45, 2.75) is 31.8 Å². The van der Waals surface area contributed by atoms with Crippen LogP contribution in [0.1, 0.15) is 19.8 Å². The van der Waals surface area contributed by atoms with Gasteiger partial charge in [0.25, 0.3) is 0 Å². The summed E-state index contributed by atoms with van der Waals surface area (Å²) in [6.07, 6.45) is 2.70. The van der Waals surface area contributed by atoms with Crippen molar-refractivity contribution >= 4 is 0 Å². The number of likely N-dealkylation sites (N-methyl/N-ethyl adjacent to an activating group) is 2. The van der Waals surface area contributed by atoms with E-state index >= 15 is 0 Å². The summed E-state index contributed by atoms with van der Waals surface area (Å²) in [6, 6.07) is 1.04. The van der Waals surface area contributed by atoms with Gasteiger partial charge in [-0.15, -0.1) is 0 Å². The van der Waals surface area contributed by atoms with Crippen LogP contribution in [0.25, 0.3) is 0 Å². The summed E-state index contributed by atoms with van der Waals surface area (Å²) in [5.74, 6) is 0. The average Bonchev–Trinajstić information content (AvgIpc) is 2.34. The third kappa shape index (κ3) is 3.63. The molecule has 0 amide bonds. The lowest BCUT2D eigenvalue weighted by Gasteiger charge is -2.26. The fraction of sp³-hybridized carbons (Fsp3) is 1.00. The zero-order valence-corrected chi connectivity index (χ0v) is 9.16. The van der Waals surface area contributed by atoms with E-state index in [1.54, 1.807) is 0 Å². The molecule has 1 aliphatic heterocycles. The summed E-state index contributed by atoms with van der Waals surface area (Å²) in [7, 11) is 4.38. The first kappa shape index (κ1) is 11.0. The molecule has 78 valence electrons. The van der Waals surface area contributed by atoms with E-state index in [0.29, 0.717) is 0 Å². The van der Waals surface area contributed by atoms with Gasteiger partial charge in [0.2, 0.25) is 0 Å². The van der Waals surface area contributed by atoms with Crippen LogP contribution >= 0.6 is 0 Å². The van der Waals surface area contributed by atoms with Gasteiger partial charge in [0.1, 0.15) is 0 Å². The number of rotatable bonds is 4. The smallest absolute Gasteiger partial charge is 0.0220 e. The highest BCUT2D eigenvalue weighted by Gasteiger charge is 2.21. The van der Waals surface area contributed by atoms with Crippen LogP contribution in [-0.4, -0.2) is 55.6 Å². The van der Waals surface area contributed by atoms with Gasteiger partial charge in [0.05, 0.1) is 0 Å². The monoisotopic (exact) mass is 185 g/mol. The second-order valence-electron chi connectivity index (χ2n) is 4.48. The van der Waals surface area contributed by atoms with Crippen LogP contribution in [0.5, 0.6) is 0 Å². The van der Waals surface area contributed by atoms with Gasteiger partial charge in [-0.25, -0.2) is 0 Å². The molecule has 1 saturated heterocycles. The van der Waals surface area contributed by atoms with Gasteiger partial charge in [-0.3, -0.25) is 0 Å².